The zero-order valence-electron chi connectivity index (χ0n) is 21.7. The van der Waals surface area contributed by atoms with Gasteiger partial charge in [-0.3, -0.25) is 0 Å². The van der Waals surface area contributed by atoms with Gasteiger partial charge in [-0.1, -0.05) is 119 Å². The van der Waals surface area contributed by atoms with Gasteiger partial charge in [0.15, 0.2) is 8.07 Å². The topological polar surface area (TPSA) is 0 Å². The molecule has 2 aliphatic rings. The number of aryl methyl sites for hydroxylation is 6. The maximum atomic E-state index is 2.54. The second-order valence-corrected chi connectivity index (χ2v) is 15.2. The molecular formula is C33H38Si. The van der Waals surface area contributed by atoms with E-state index in [0.717, 1.165) is 0 Å². The number of fused-ring (bicyclic) bond motifs is 1. The van der Waals surface area contributed by atoms with E-state index >= 15 is 0 Å². The van der Waals surface area contributed by atoms with Crippen LogP contribution in [-0.2, 0) is 0 Å². The monoisotopic (exact) mass is 462 g/mol. The summed E-state index contributed by atoms with van der Waals surface area (Å²) in [6.45, 7) is 13.7. The minimum atomic E-state index is -2.37. The lowest BCUT2D eigenvalue weighted by Crippen LogP contribution is -2.70. The summed E-state index contributed by atoms with van der Waals surface area (Å²) in [5.41, 5.74) is 8.94. The third-order valence-electron chi connectivity index (χ3n) is 8.16. The van der Waals surface area contributed by atoms with Crippen molar-refractivity contribution in [3.05, 3.63) is 112 Å². The third kappa shape index (κ3) is 3.94. The fourth-order valence-corrected chi connectivity index (χ4v) is 13.8. The summed E-state index contributed by atoms with van der Waals surface area (Å²) in [4.78, 5) is 0. The average molecular weight is 463 g/mol. The van der Waals surface area contributed by atoms with Crippen LogP contribution in [0.1, 0.15) is 46.2 Å². The first-order valence-electron chi connectivity index (χ1n) is 12.9. The smallest absolute Gasteiger partial charge is 0.0808 e. The highest BCUT2D eigenvalue weighted by atomic mass is 28.3. The molecule has 3 atom stereocenters. The first-order chi connectivity index (χ1) is 16.3. The molecule has 1 saturated carbocycles. The van der Waals surface area contributed by atoms with Crippen molar-refractivity contribution in [2.24, 2.45) is 11.8 Å². The van der Waals surface area contributed by atoms with Crippen LogP contribution >= 0.6 is 0 Å². The van der Waals surface area contributed by atoms with E-state index in [2.05, 4.69) is 120 Å². The molecule has 34 heavy (non-hydrogen) atoms. The molecule has 0 amide bonds. The van der Waals surface area contributed by atoms with E-state index in [9.17, 15) is 0 Å². The van der Waals surface area contributed by atoms with Crippen LogP contribution in [0.4, 0.5) is 0 Å². The first-order valence-corrected chi connectivity index (χ1v) is 15.0. The Morgan fingerprint density at radius 3 is 1.29 bits per heavy atom. The van der Waals surface area contributed by atoms with Gasteiger partial charge in [-0.25, -0.2) is 0 Å². The molecule has 1 heteroatoms. The van der Waals surface area contributed by atoms with Crippen LogP contribution in [0.25, 0.3) is 0 Å². The van der Waals surface area contributed by atoms with Gasteiger partial charge in [-0.2, -0.15) is 0 Å². The van der Waals surface area contributed by atoms with Gasteiger partial charge in [0.2, 0.25) is 0 Å². The minimum Gasteiger partial charge on any atom is -0.0808 e. The van der Waals surface area contributed by atoms with Gasteiger partial charge in [0.25, 0.3) is 0 Å². The quantitative estimate of drug-likeness (QED) is 0.305. The summed E-state index contributed by atoms with van der Waals surface area (Å²) in [6.07, 6.45) is 12.2. The Kier molecular flexibility index (Phi) is 6.02. The number of hydrogen-bond acceptors (Lipinski definition) is 0. The van der Waals surface area contributed by atoms with Crippen molar-refractivity contribution >= 4 is 23.6 Å². The molecule has 3 unspecified atom stereocenters. The molecule has 0 spiro atoms. The van der Waals surface area contributed by atoms with Gasteiger partial charge in [0.1, 0.15) is 0 Å². The first kappa shape index (κ1) is 23.1. The second-order valence-electron chi connectivity index (χ2n) is 11.1. The van der Waals surface area contributed by atoms with E-state index in [1.54, 1.807) is 15.6 Å². The van der Waals surface area contributed by atoms with Gasteiger partial charge in [-0.05, 0) is 80.9 Å². The average Bonchev–Trinajstić information content (AvgIpc) is 3.17. The zero-order valence-corrected chi connectivity index (χ0v) is 22.7. The molecule has 0 N–H and O–H groups in total. The van der Waals surface area contributed by atoms with Gasteiger partial charge < -0.3 is 0 Å². The fraction of sp³-hybridized carbons (Fsp3) is 0.333. The molecule has 0 heterocycles. The molecule has 174 valence electrons. The number of hydrogen-bond donors (Lipinski definition) is 0. The van der Waals surface area contributed by atoms with Crippen molar-refractivity contribution in [1.29, 1.82) is 0 Å². The molecule has 0 bridgehead atoms. The molecule has 3 aromatic carbocycles. The van der Waals surface area contributed by atoms with E-state index in [1.807, 2.05) is 0 Å². The summed E-state index contributed by atoms with van der Waals surface area (Å²) in [5.74, 6) is 1.28. The van der Waals surface area contributed by atoms with Crippen molar-refractivity contribution < 1.29 is 0 Å². The van der Waals surface area contributed by atoms with Crippen LogP contribution in [0.2, 0.25) is 5.54 Å². The number of rotatable bonds is 4. The maximum Gasteiger partial charge on any atom is 0.151 e. The molecular weight excluding hydrogens is 424 g/mol. The van der Waals surface area contributed by atoms with Crippen LogP contribution < -0.4 is 15.6 Å². The molecule has 0 aromatic heterocycles. The van der Waals surface area contributed by atoms with Gasteiger partial charge in [-0.15, -0.1) is 0 Å². The molecule has 0 nitrogen and oxygen atoms in total. The predicted molar refractivity (Wildman–Crippen MR) is 151 cm³/mol. The van der Waals surface area contributed by atoms with Gasteiger partial charge >= 0.3 is 0 Å². The van der Waals surface area contributed by atoms with Gasteiger partial charge in [0, 0.05) is 0 Å². The SMILES string of the molecule is Cc1cc(C)cc([Si](c2cc(C)cc(C)c2)(c2cc(C)cc(C)c2)C2CCC3C=CC=CC32)c1. The van der Waals surface area contributed by atoms with Crippen molar-refractivity contribution in [2.75, 3.05) is 0 Å². The molecule has 3 aromatic rings. The van der Waals surface area contributed by atoms with E-state index in [-0.39, 0.29) is 0 Å². The third-order valence-corrected chi connectivity index (χ3v) is 13.5. The highest BCUT2D eigenvalue weighted by Gasteiger charge is 2.53. The van der Waals surface area contributed by atoms with E-state index in [0.29, 0.717) is 17.4 Å². The predicted octanol–water partition coefficient (Wildman–Crippen LogP) is 6.53. The minimum absolute atomic E-state index is 0.610. The molecule has 5 rings (SSSR count). The van der Waals surface area contributed by atoms with Crippen LogP contribution in [0.15, 0.2) is 78.9 Å². The Morgan fingerprint density at radius 2 is 0.882 bits per heavy atom. The largest absolute Gasteiger partial charge is 0.151 e. The van der Waals surface area contributed by atoms with E-state index in [1.165, 1.54) is 46.2 Å². The van der Waals surface area contributed by atoms with Crippen LogP contribution in [-0.4, -0.2) is 8.07 Å². The number of allylic oxidation sites excluding steroid dienone is 4. The highest BCUT2D eigenvalue weighted by molar-refractivity contribution is 7.12. The maximum absolute atomic E-state index is 2.54. The van der Waals surface area contributed by atoms with Gasteiger partial charge in [0.05, 0.1) is 0 Å². The fourth-order valence-electron chi connectivity index (χ4n) is 7.21. The molecule has 2 aliphatic carbocycles. The summed E-state index contributed by atoms with van der Waals surface area (Å²) >= 11 is 0. The molecule has 0 radical (unpaired) electrons. The van der Waals surface area contributed by atoms with Crippen LogP contribution in [0.3, 0.4) is 0 Å². The van der Waals surface area contributed by atoms with Crippen LogP contribution in [0, 0.1) is 53.4 Å². The summed E-state index contributed by atoms with van der Waals surface area (Å²) in [5, 5.41) is 4.77. The Morgan fingerprint density at radius 1 is 0.500 bits per heavy atom. The van der Waals surface area contributed by atoms with E-state index < -0.39 is 8.07 Å². The van der Waals surface area contributed by atoms with Crippen molar-refractivity contribution in [3.8, 4) is 0 Å². The summed E-state index contributed by atoms with van der Waals surface area (Å²) < 4.78 is 0. The molecule has 0 aliphatic heterocycles. The second kappa shape index (κ2) is 8.85. The summed E-state index contributed by atoms with van der Waals surface area (Å²) in [6, 6.07) is 22.2. The van der Waals surface area contributed by atoms with Crippen molar-refractivity contribution in [1.82, 2.24) is 0 Å². The van der Waals surface area contributed by atoms with E-state index in [4.69, 9.17) is 0 Å². The normalized spacial score (nSPS) is 21.6. The molecule has 0 saturated heterocycles. The lowest BCUT2D eigenvalue weighted by molar-refractivity contribution is 0.548. The van der Waals surface area contributed by atoms with Crippen molar-refractivity contribution in [3.63, 3.8) is 0 Å². The number of benzene rings is 3. The Balaban J connectivity index is 1.92. The Bertz CT molecular complexity index is 1110. The molecule has 1 fully saturated rings. The zero-order chi connectivity index (χ0) is 24.0. The lowest BCUT2D eigenvalue weighted by atomic mass is 9.92. The summed E-state index contributed by atoms with van der Waals surface area (Å²) in [7, 11) is -2.37. The Labute approximate surface area is 207 Å². The standard InChI is InChI=1S/C33H38Si/c1-22-13-23(2)17-29(16-22)34(30-18-24(3)14-25(4)19-30,31-20-26(5)15-27(6)21-31)33-12-11-28-9-7-8-10-32(28)33/h7-10,13-21,28,32-33H,11-12H2,1-6H3. The van der Waals surface area contributed by atoms with Crippen molar-refractivity contribution in [2.45, 2.75) is 59.9 Å². The van der Waals surface area contributed by atoms with Crippen LogP contribution in [0.5, 0.6) is 0 Å². The highest BCUT2D eigenvalue weighted by Crippen LogP contribution is 2.49. The Hall–Kier alpha value is -2.64. The lowest BCUT2D eigenvalue weighted by Gasteiger charge is -2.43.